The van der Waals surface area contributed by atoms with Crippen molar-refractivity contribution in [2.75, 3.05) is 11.2 Å². The van der Waals surface area contributed by atoms with Crippen LogP contribution in [0.2, 0.25) is 0 Å². The van der Waals surface area contributed by atoms with E-state index in [9.17, 15) is 4.79 Å². The number of halogens is 1. The first-order valence-electron chi connectivity index (χ1n) is 4.26. The van der Waals surface area contributed by atoms with Gasteiger partial charge in [-0.1, -0.05) is 25.9 Å². The molecule has 0 bridgehead atoms. The lowest BCUT2D eigenvalue weighted by molar-refractivity contribution is -0.114. The van der Waals surface area contributed by atoms with Gasteiger partial charge in [0, 0.05) is 11.5 Å². The predicted octanol–water partition coefficient (Wildman–Crippen LogP) is 2.15. The topological polar surface area (TPSA) is 55.1 Å². The van der Waals surface area contributed by atoms with Gasteiger partial charge in [-0.05, 0) is 0 Å². The molecule has 14 heavy (non-hydrogen) atoms. The highest BCUT2D eigenvalue weighted by Gasteiger charge is 2.19. The fourth-order valence-corrected chi connectivity index (χ4v) is 0.925. The zero-order chi connectivity index (χ0) is 10.8. The van der Waals surface area contributed by atoms with Crippen LogP contribution in [0.25, 0.3) is 0 Å². The molecule has 1 aromatic rings. The van der Waals surface area contributed by atoms with Crippen LogP contribution in [0.1, 0.15) is 26.5 Å². The largest absolute Gasteiger partial charge is 0.338 e. The maximum Gasteiger partial charge on any atom is 0.241 e. The standard InChI is InChI=1S/C9H13ClN2O2/c1-9(2,3)6-4-8(14-12-6)11-7(13)5-10/h4H,5H2,1-3H3,(H,11,13). The molecule has 0 aliphatic rings. The van der Waals surface area contributed by atoms with E-state index in [0.29, 0.717) is 5.88 Å². The Labute approximate surface area is 87.6 Å². The normalized spacial score (nSPS) is 11.4. The van der Waals surface area contributed by atoms with E-state index < -0.39 is 0 Å². The van der Waals surface area contributed by atoms with Crippen molar-refractivity contribution in [1.29, 1.82) is 0 Å². The first-order chi connectivity index (χ1) is 6.43. The number of amides is 1. The number of carbonyl (C=O) groups is 1. The first-order valence-corrected chi connectivity index (χ1v) is 4.80. The first kappa shape index (κ1) is 11.0. The summed E-state index contributed by atoms with van der Waals surface area (Å²) in [6.45, 7) is 6.04. The van der Waals surface area contributed by atoms with E-state index in [1.54, 1.807) is 6.07 Å². The fourth-order valence-electron chi connectivity index (χ4n) is 0.858. The van der Waals surface area contributed by atoms with E-state index >= 15 is 0 Å². The minimum Gasteiger partial charge on any atom is -0.338 e. The van der Waals surface area contributed by atoms with Crippen LogP contribution in [0, 0.1) is 0 Å². The van der Waals surface area contributed by atoms with Crippen LogP contribution in [0.3, 0.4) is 0 Å². The van der Waals surface area contributed by atoms with Gasteiger partial charge in [-0.3, -0.25) is 10.1 Å². The van der Waals surface area contributed by atoms with Crippen LogP contribution in [0.5, 0.6) is 0 Å². The number of hydrogen-bond acceptors (Lipinski definition) is 3. The SMILES string of the molecule is CC(C)(C)c1cc(NC(=O)CCl)on1. The number of carbonyl (C=O) groups excluding carboxylic acids is 1. The second-order valence-electron chi connectivity index (χ2n) is 4.01. The second-order valence-corrected chi connectivity index (χ2v) is 4.28. The molecular weight excluding hydrogens is 204 g/mol. The maximum absolute atomic E-state index is 10.9. The molecule has 78 valence electrons. The molecule has 0 saturated heterocycles. The summed E-state index contributed by atoms with van der Waals surface area (Å²) >= 11 is 5.32. The Hall–Kier alpha value is -1.03. The minimum atomic E-state index is -0.303. The molecule has 1 amide bonds. The Kier molecular flexibility index (Phi) is 3.16. The van der Waals surface area contributed by atoms with E-state index in [1.807, 2.05) is 20.8 Å². The quantitative estimate of drug-likeness (QED) is 0.771. The molecule has 4 nitrogen and oxygen atoms in total. The summed E-state index contributed by atoms with van der Waals surface area (Å²) in [6.07, 6.45) is 0. The second kappa shape index (κ2) is 4.00. The molecule has 1 heterocycles. The molecule has 0 unspecified atom stereocenters. The summed E-state index contributed by atoms with van der Waals surface area (Å²) < 4.78 is 4.92. The van der Waals surface area contributed by atoms with Crippen molar-refractivity contribution in [3.05, 3.63) is 11.8 Å². The van der Waals surface area contributed by atoms with Gasteiger partial charge in [0.15, 0.2) is 0 Å². The summed E-state index contributed by atoms with van der Waals surface area (Å²) in [4.78, 5) is 10.9. The van der Waals surface area contributed by atoms with Gasteiger partial charge >= 0.3 is 0 Å². The van der Waals surface area contributed by atoms with Gasteiger partial charge in [0.2, 0.25) is 11.8 Å². The molecule has 0 spiro atoms. The Morgan fingerprint density at radius 1 is 1.64 bits per heavy atom. The summed E-state index contributed by atoms with van der Waals surface area (Å²) in [5.74, 6) is -0.0604. The Morgan fingerprint density at radius 2 is 2.29 bits per heavy atom. The van der Waals surface area contributed by atoms with Crippen molar-refractivity contribution in [2.24, 2.45) is 0 Å². The summed E-state index contributed by atoms with van der Waals surface area (Å²) in [6, 6.07) is 1.70. The van der Waals surface area contributed by atoms with E-state index in [1.165, 1.54) is 0 Å². The third-order valence-corrected chi connectivity index (χ3v) is 1.91. The van der Waals surface area contributed by atoms with Crippen molar-refractivity contribution < 1.29 is 9.32 Å². The van der Waals surface area contributed by atoms with Crippen molar-refractivity contribution in [2.45, 2.75) is 26.2 Å². The zero-order valence-electron chi connectivity index (χ0n) is 8.43. The van der Waals surface area contributed by atoms with Crippen LogP contribution in [-0.2, 0) is 10.2 Å². The Morgan fingerprint density at radius 3 is 2.71 bits per heavy atom. The molecule has 0 atom stereocenters. The van der Waals surface area contributed by atoms with Crippen molar-refractivity contribution in [1.82, 2.24) is 5.16 Å². The highest BCUT2D eigenvalue weighted by Crippen LogP contribution is 2.23. The van der Waals surface area contributed by atoms with Gasteiger partial charge in [0.25, 0.3) is 0 Å². The van der Waals surface area contributed by atoms with Gasteiger partial charge in [0.1, 0.15) is 5.88 Å². The molecule has 1 N–H and O–H groups in total. The van der Waals surface area contributed by atoms with Crippen LogP contribution in [-0.4, -0.2) is 16.9 Å². The molecular formula is C9H13ClN2O2. The maximum atomic E-state index is 10.9. The van der Waals surface area contributed by atoms with E-state index in [4.69, 9.17) is 16.1 Å². The van der Waals surface area contributed by atoms with Crippen molar-refractivity contribution in [3.8, 4) is 0 Å². The van der Waals surface area contributed by atoms with Crippen LogP contribution >= 0.6 is 11.6 Å². The number of aromatic nitrogens is 1. The summed E-state index contributed by atoms with van der Waals surface area (Å²) in [7, 11) is 0. The number of nitrogens with one attached hydrogen (secondary N) is 1. The molecule has 1 aromatic heterocycles. The lowest BCUT2D eigenvalue weighted by atomic mass is 9.92. The summed E-state index contributed by atoms with van der Waals surface area (Å²) in [5.41, 5.74) is 0.704. The zero-order valence-corrected chi connectivity index (χ0v) is 9.18. The van der Waals surface area contributed by atoms with Crippen LogP contribution in [0.4, 0.5) is 5.88 Å². The number of anilines is 1. The highest BCUT2D eigenvalue weighted by molar-refractivity contribution is 6.28. The predicted molar refractivity (Wildman–Crippen MR) is 54.6 cm³/mol. The summed E-state index contributed by atoms with van der Waals surface area (Å²) in [5, 5.41) is 6.33. The number of alkyl halides is 1. The smallest absolute Gasteiger partial charge is 0.241 e. The van der Waals surface area contributed by atoms with E-state index in [-0.39, 0.29) is 17.2 Å². The van der Waals surface area contributed by atoms with Gasteiger partial charge in [-0.25, -0.2) is 0 Å². The van der Waals surface area contributed by atoms with Gasteiger partial charge < -0.3 is 4.52 Å². The van der Waals surface area contributed by atoms with Gasteiger partial charge in [-0.2, -0.15) is 0 Å². The minimum absolute atomic E-state index is 0.0898. The third kappa shape index (κ3) is 2.73. The molecule has 0 saturated carbocycles. The van der Waals surface area contributed by atoms with Gasteiger partial charge in [0.05, 0.1) is 5.69 Å². The van der Waals surface area contributed by atoms with E-state index in [0.717, 1.165) is 5.69 Å². The van der Waals surface area contributed by atoms with Gasteiger partial charge in [-0.15, -0.1) is 11.6 Å². The molecule has 0 fully saturated rings. The monoisotopic (exact) mass is 216 g/mol. The van der Waals surface area contributed by atoms with Crippen molar-refractivity contribution in [3.63, 3.8) is 0 Å². The van der Waals surface area contributed by atoms with Crippen molar-refractivity contribution >= 4 is 23.4 Å². The average molecular weight is 217 g/mol. The Balaban J connectivity index is 2.74. The van der Waals surface area contributed by atoms with E-state index in [2.05, 4.69) is 10.5 Å². The lowest BCUT2D eigenvalue weighted by Gasteiger charge is -2.12. The molecule has 1 rings (SSSR count). The number of nitrogens with zero attached hydrogens (tertiary/aromatic N) is 1. The number of hydrogen-bond donors (Lipinski definition) is 1. The number of rotatable bonds is 2. The molecule has 0 aromatic carbocycles. The van der Waals surface area contributed by atoms with Crippen LogP contribution < -0.4 is 5.32 Å². The highest BCUT2D eigenvalue weighted by atomic mass is 35.5. The fraction of sp³-hybridized carbons (Fsp3) is 0.556. The molecule has 0 aliphatic heterocycles. The average Bonchev–Trinajstić information content (AvgIpc) is 2.51. The third-order valence-electron chi connectivity index (χ3n) is 1.66. The Bertz CT molecular complexity index is 328. The molecule has 5 heteroatoms. The molecule has 0 aliphatic carbocycles. The lowest BCUT2D eigenvalue weighted by Crippen LogP contribution is -2.12. The molecule has 0 radical (unpaired) electrons. The van der Waals surface area contributed by atoms with Crippen LogP contribution in [0.15, 0.2) is 10.6 Å².